The van der Waals surface area contributed by atoms with Crippen LogP contribution in [0.3, 0.4) is 0 Å². The maximum absolute atomic E-state index is 13.5. The van der Waals surface area contributed by atoms with Crippen molar-refractivity contribution < 1.29 is 24.2 Å². The Kier molecular flexibility index (Phi) is 7.52. The van der Waals surface area contributed by atoms with Gasteiger partial charge in [0.15, 0.2) is 6.10 Å². The Morgan fingerprint density at radius 2 is 1.59 bits per heavy atom. The molecule has 1 aliphatic rings. The molecule has 0 aromatic heterocycles. The van der Waals surface area contributed by atoms with E-state index < -0.39 is 36.4 Å². The van der Waals surface area contributed by atoms with E-state index in [2.05, 4.69) is 0 Å². The fraction of sp³-hybridized carbons (Fsp3) is 0.214. The van der Waals surface area contributed by atoms with Crippen LogP contribution in [0.4, 0.5) is 4.79 Å². The van der Waals surface area contributed by atoms with E-state index in [4.69, 9.17) is 9.47 Å². The minimum atomic E-state index is -1.29. The third-order valence-corrected chi connectivity index (χ3v) is 5.75. The first-order valence-corrected chi connectivity index (χ1v) is 11.2. The highest BCUT2D eigenvalue weighted by Crippen LogP contribution is 2.33. The number of rotatable bonds is 8. The quantitative estimate of drug-likeness (QED) is 0.528. The minimum Gasteiger partial charge on any atom is -0.439 e. The molecule has 0 saturated carbocycles. The molecule has 0 aliphatic carbocycles. The summed E-state index contributed by atoms with van der Waals surface area (Å²) in [5.74, 6) is -0.642. The van der Waals surface area contributed by atoms with E-state index in [9.17, 15) is 14.7 Å². The van der Waals surface area contributed by atoms with Crippen molar-refractivity contribution in [2.45, 2.75) is 37.9 Å². The van der Waals surface area contributed by atoms with Gasteiger partial charge in [-0.1, -0.05) is 103 Å². The Hall–Kier alpha value is -3.74. The van der Waals surface area contributed by atoms with Crippen molar-refractivity contribution in [3.63, 3.8) is 0 Å². The van der Waals surface area contributed by atoms with Crippen LogP contribution in [0.5, 0.6) is 0 Å². The number of carbonyl (C=O) groups is 2. The summed E-state index contributed by atoms with van der Waals surface area (Å²) in [6.07, 6.45) is -0.681. The van der Waals surface area contributed by atoms with Gasteiger partial charge >= 0.3 is 6.09 Å². The van der Waals surface area contributed by atoms with E-state index in [1.165, 1.54) is 6.08 Å². The predicted octanol–water partition coefficient (Wildman–Crippen LogP) is 4.75. The van der Waals surface area contributed by atoms with E-state index >= 15 is 0 Å². The molecular formula is C28H27NO5. The molecule has 1 aliphatic heterocycles. The van der Waals surface area contributed by atoms with Gasteiger partial charge in [0.2, 0.25) is 0 Å². The van der Waals surface area contributed by atoms with Crippen molar-refractivity contribution in [3.8, 4) is 0 Å². The normalized spacial score (nSPS) is 19.7. The van der Waals surface area contributed by atoms with Crippen LogP contribution in [-0.2, 0) is 20.9 Å². The average Bonchev–Trinajstić information content (AvgIpc) is 3.18. The molecule has 6 nitrogen and oxygen atoms in total. The SMILES string of the molecule is C[C@@H]1[C@H](c2ccccc2)OC(=O)N1C(=O)[C@H](OCc1ccccc1)[C@@H](O)/C=C/c1ccccc1. The summed E-state index contributed by atoms with van der Waals surface area (Å²) in [6.45, 7) is 1.85. The van der Waals surface area contributed by atoms with E-state index in [1.807, 2.05) is 91.0 Å². The number of benzene rings is 3. The predicted molar refractivity (Wildman–Crippen MR) is 128 cm³/mol. The topological polar surface area (TPSA) is 76.1 Å². The summed E-state index contributed by atoms with van der Waals surface area (Å²) >= 11 is 0. The molecule has 2 amide bonds. The summed E-state index contributed by atoms with van der Waals surface area (Å²) in [5.41, 5.74) is 2.51. The third-order valence-electron chi connectivity index (χ3n) is 5.75. The largest absolute Gasteiger partial charge is 0.439 e. The highest BCUT2D eigenvalue weighted by molar-refractivity contribution is 5.96. The number of amides is 2. The fourth-order valence-corrected chi connectivity index (χ4v) is 3.93. The van der Waals surface area contributed by atoms with Gasteiger partial charge in [0, 0.05) is 0 Å². The van der Waals surface area contributed by atoms with Gasteiger partial charge in [-0.15, -0.1) is 0 Å². The second-order valence-electron chi connectivity index (χ2n) is 8.14. The van der Waals surface area contributed by atoms with Gasteiger partial charge in [-0.25, -0.2) is 9.69 Å². The van der Waals surface area contributed by atoms with Crippen LogP contribution in [0.1, 0.15) is 29.7 Å². The van der Waals surface area contributed by atoms with Gasteiger partial charge in [0.05, 0.1) is 12.6 Å². The van der Waals surface area contributed by atoms with Gasteiger partial charge in [-0.05, 0) is 23.6 Å². The zero-order valence-corrected chi connectivity index (χ0v) is 18.9. The van der Waals surface area contributed by atoms with Crippen LogP contribution in [0.25, 0.3) is 6.08 Å². The molecule has 174 valence electrons. The maximum Gasteiger partial charge on any atom is 0.417 e. The van der Waals surface area contributed by atoms with Crippen molar-refractivity contribution in [3.05, 3.63) is 114 Å². The molecular weight excluding hydrogens is 430 g/mol. The third kappa shape index (κ3) is 5.42. The maximum atomic E-state index is 13.5. The van der Waals surface area contributed by atoms with Crippen molar-refractivity contribution in [2.75, 3.05) is 0 Å². The molecule has 34 heavy (non-hydrogen) atoms. The minimum absolute atomic E-state index is 0.104. The molecule has 3 aromatic carbocycles. The Morgan fingerprint density at radius 1 is 1.00 bits per heavy atom. The number of imide groups is 1. The lowest BCUT2D eigenvalue weighted by atomic mass is 10.0. The standard InChI is InChI=1S/C28H27NO5/c1-20-25(23-15-9-4-10-16-23)34-28(32)29(20)27(31)26(33-19-22-13-7-3-8-14-22)24(30)18-17-21-11-5-2-6-12-21/h2-18,20,24-26,30H,19H2,1H3/b18-17+/t20-,24+,25-,26-/m1/s1. The van der Waals surface area contributed by atoms with E-state index in [0.29, 0.717) is 0 Å². The highest BCUT2D eigenvalue weighted by Gasteiger charge is 2.46. The summed E-state index contributed by atoms with van der Waals surface area (Å²) in [5, 5.41) is 10.9. The molecule has 0 radical (unpaired) electrons. The lowest BCUT2D eigenvalue weighted by Crippen LogP contribution is -2.49. The molecule has 1 saturated heterocycles. The smallest absolute Gasteiger partial charge is 0.417 e. The summed E-state index contributed by atoms with van der Waals surface area (Å²) in [6, 6.07) is 27.5. The number of nitrogens with zero attached hydrogens (tertiary/aromatic N) is 1. The molecule has 1 heterocycles. The Labute approximate surface area is 199 Å². The molecule has 3 aromatic rings. The van der Waals surface area contributed by atoms with E-state index in [1.54, 1.807) is 13.0 Å². The van der Waals surface area contributed by atoms with Crippen LogP contribution in [-0.4, -0.2) is 40.3 Å². The summed E-state index contributed by atoms with van der Waals surface area (Å²) in [4.78, 5) is 27.3. The van der Waals surface area contributed by atoms with Gasteiger partial charge in [0.1, 0.15) is 12.2 Å². The van der Waals surface area contributed by atoms with Gasteiger partial charge < -0.3 is 14.6 Å². The summed E-state index contributed by atoms with van der Waals surface area (Å²) in [7, 11) is 0. The van der Waals surface area contributed by atoms with Gasteiger partial charge in [0.25, 0.3) is 5.91 Å². The van der Waals surface area contributed by atoms with Crippen LogP contribution in [0.2, 0.25) is 0 Å². The van der Waals surface area contributed by atoms with Gasteiger partial charge in [-0.3, -0.25) is 4.79 Å². The molecule has 6 heteroatoms. The van der Waals surface area contributed by atoms with Gasteiger partial charge in [-0.2, -0.15) is 0 Å². The average molecular weight is 458 g/mol. The number of aliphatic hydroxyl groups is 1. The zero-order valence-electron chi connectivity index (χ0n) is 18.9. The van der Waals surface area contributed by atoms with Crippen molar-refractivity contribution in [1.82, 2.24) is 4.90 Å². The molecule has 4 rings (SSSR count). The highest BCUT2D eigenvalue weighted by atomic mass is 16.6. The van der Waals surface area contributed by atoms with Crippen LogP contribution in [0, 0.1) is 0 Å². The molecule has 0 bridgehead atoms. The van der Waals surface area contributed by atoms with Crippen LogP contribution in [0.15, 0.2) is 97.1 Å². The molecule has 0 unspecified atom stereocenters. The number of ether oxygens (including phenoxy) is 2. The fourth-order valence-electron chi connectivity index (χ4n) is 3.93. The van der Waals surface area contributed by atoms with E-state index in [-0.39, 0.29) is 6.61 Å². The lowest BCUT2D eigenvalue weighted by molar-refractivity contribution is -0.148. The second-order valence-corrected chi connectivity index (χ2v) is 8.14. The van der Waals surface area contributed by atoms with Crippen molar-refractivity contribution >= 4 is 18.1 Å². The first kappa shape index (κ1) is 23.4. The van der Waals surface area contributed by atoms with Crippen molar-refractivity contribution in [2.24, 2.45) is 0 Å². The summed E-state index contributed by atoms with van der Waals surface area (Å²) < 4.78 is 11.4. The molecule has 1 N–H and O–H groups in total. The monoisotopic (exact) mass is 457 g/mol. The number of carbonyl (C=O) groups excluding carboxylic acids is 2. The number of hydrogen-bond acceptors (Lipinski definition) is 5. The zero-order chi connectivity index (χ0) is 23.9. The Bertz CT molecular complexity index is 1120. The first-order valence-electron chi connectivity index (χ1n) is 11.2. The van der Waals surface area contributed by atoms with Crippen LogP contribution >= 0.6 is 0 Å². The first-order chi connectivity index (χ1) is 16.5. The Balaban J connectivity index is 1.56. The number of aliphatic hydroxyl groups excluding tert-OH is 1. The lowest BCUT2D eigenvalue weighted by Gasteiger charge is -2.26. The second kappa shape index (κ2) is 10.9. The number of hydrogen-bond donors (Lipinski definition) is 1. The Morgan fingerprint density at radius 3 is 2.24 bits per heavy atom. The van der Waals surface area contributed by atoms with Crippen molar-refractivity contribution in [1.29, 1.82) is 0 Å². The van der Waals surface area contributed by atoms with E-state index in [0.717, 1.165) is 21.6 Å². The molecule has 1 fully saturated rings. The van der Waals surface area contributed by atoms with Crippen LogP contribution < -0.4 is 0 Å². The number of cyclic esters (lactones) is 1. The molecule has 4 atom stereocenters. The molecule has 0 spiro atoms.